The van der Waals surface area contributed by atoms with Crippen molar-refractivity contribution in [2.45, 2.75) is 57.7 Å². The summed E-state index contributed by atoms with van der Waals surface area (Å²) in [5, 5.41) is 12.7. The molecule has 2 atom stereocenters. The number of fused-ring (bicyclic) bond motifs is 2. The monoisotopic (exact) mass is 157 g/mol. The fourth-order valence-electron chi connectivity index (χ4n) is 2.03. The average Bonchev–Trinajstić information content (AvgIpc) is 2.35. The second-order valence-electron chi connectivity index (χ2n) is 3.26. The number of hydrogen-bond acceptors (Lipinski definition) is 2. The first kappa shape index (κ1) is 9.01. The van der Waals surface area contributed by atoms with E-state index in [9.17, 15) is 5.11 Å². The van der Waals surface area contributed by atoms with Gasteiger partial charge in [-0.1, -0.05) is 13.8 Å². The Bertz CT molecular complexity index is 104. The third-order valence-electron chi connectivity index (χ3n) is 2.45. The van der Waals surface area contributed by atoms with Gasteiger partial charge >= 0.3 is 0 Å². The summed E-state index contributed by atoms with van der Waals surface area (Å²) in [5.74, 6) is 0. The number of aliphatic hydroxyl groups excluding tert-OH is 1. The minimum absolute atomic E-state index is 0.0104. The topological polar surface area (TPSA) is 32.3 Å². The highest BCUT2D eigenvalue weighted by Gasteiger charge is 2.31. The third kappa shape index (κ3) is 2.17. The summed E-state index contributed by atoms with van der Waals surface area (Å²) in [6.45, 7) is 4.00. The van der Waals surface area contributed by atoms with Gasteiger partial charge in [-0.3, -0.25) is 0 Å². The molecule has 2 fully saturated rings. The average molecular weight is 157 g/mol. The van der Waals surface area contributed by atoms with Crippen molar-refractivity contribution in [1.82, 2.24) is 5.32 Å². The van der Waals surface area contributed by atoms with E-state index in [-0.39, 0.29) is 6.10 Å². The smallest absolute Gasteiger partial charge is 0.0569 e. The van der Waals surface area contributed by atoms with Crippen LogP contribution in [0.4, 0.5) is 0 Å². The minimum Gasteiger partial charge on any atom is -0.393 e. The highest BCUT2D eigenvalue weighted by atomic mass is 16.3. The Morgan fingerprint density at radius 2 is 1.55 bits per heavy atom. The van der Waals surface area contributed by atoms with Gasteiger partial charge in [-0.2, -0.15) is 0 Å². The highest BCUT2D eigenvalue weighted by molar-refractivity contribution is 4.91. The second kappa shape index (κ2) is 4.07. The van der Waals surface area contributed by atoms with Crippen molar-refractivity contribution >= 4 is 0 Å². The van der Waals surface area contributed by atoms with Gasteiger partial charge in [0.25, 0.3) is 0 Å². The number of aliphatic hydroxyl groups is 1. The zero-order valence-corrected chi connectivity index (χ0v) is 7.51. The minimum atomic E-state index is -0.0104. The van der Waals surface area contributed by atoms with Crippen LogP contribution in [0, 0.1) is 0 Å². The van der Waals surface area contributed by atoms with E-state index in [1.54, 1.807) is 0 Å². The Kier molecular flexibility index (Phi) is 3.34. The van der Waals surface area contributed by atoms with E-state index in [2.05, 4.69) is 5.32 Å². The lowest BCUT2D eigenvalue weighted by molar-refractivity contribution is 0.114. The molecule has 2 bridgehead atoms. The number of piperidine rings is 1. The lowest BCUT2D eigenvalue weighted by Crippen LogP contribution is -2.40. The second-order valence-corrected chi connectivity index (χ2v) is 3.26. The van der Waals surface area contributed by atoms with Gasteiger partial charge in [0.2, 0.25) is 0 Å². The molecule has 0 aliphatic carbocycles. The predicted molar refractivity (Wildman–Crippen MR) is 46.5 cm³/mol. The Labute approximate surface area is 69.0 Å². The molecule has 2 rings (SSSR count). The molecular weight excluding hydrogens is 138 g/mol. The summed E-state index contributed by atoms with van der Waals surface area (Å²) < 4.78 is 0. The zero-order chi connectivity index (χ0) is 8.27. The predicted octanol–water partition coefficient (Wildman–Crippen LogP) is 1.29. The van der Waals surface area contributed by atoms with Crippen molar-refractivity contribution in [1.29, 1.82) is 0 Å². The molecule has 0 radical (unpaired) electrons. The summed E-state index contributed by atoms with van der Waals surface area (Å²) in [6, 6.07) is 1.28. The normalized spacial score (nSPS) is 41.2. The fourth-order valence-corrected chi connectivity index (χ4v) is 2.03. The SMILES string of the molecule is CC.OC1CC2CCC(C1)N2. The summed E-state index contributed by atoms with van der Waals surface area (Å²) in [6.07, 6.45) is 4.51. The molecule has 2 saturated heterocycles. The molecule has 0 spiro atoms. The molecule has 2 unspecified atom stereocenters. The van der Waals surface area contributed by atoms with E-state index in [0.29, 0.717) is 12.1 Å². The molecule has 0 saturated carbocycles. The Morgan fingerprint density at radius 3 is 2.00 bits per heavy atom. The first-order valence-corrected chi connectivity index (χ1v) is 4.79. The van der Waals surface area contributed by atoms with E-state index in [4.69, 9.17) is 0 Å². The molecule has 2 nitrogen and oxygen atoms in total. The largest absolute Gasteiger partial charge is 0.393 e. The number of rotatable bonds is 0. The molecule has 66 valence electrons. The molecule has 0 aromatic rings. The maximum absolute atomic E-state index is 9.25. The summed E-state index contributed by atoms with van der Waals surface area (Å²) >= 11 is 0. The standard InChI is InChI=1S/C7H13NO.C2H6/c9-7-3-5-1-2-6(4-7)8-5;1-2/h5-9H,1-4H2;1-2H3. The summed E-state index contributed by atoms with van der Waals surface area (Å²) in [5.41, 5.74) is 0. The van der Waals surface area contributed by atoms with Crippen LogP contribution in [0.2, 0.25) is 0 Å². The van der Waals surface area contributed by atoms with Gasteiger partial charge in [-0.15, -0.1) is 0 Å². The van der Waals surface area contributed by atoms with Gasteiger partial charge in [0.1, 0.15) is 0 Å². The Balaban J connectivity index is 0.000000281. The van der Waals surface area contributed by atoms with Gasteiger partial charge in [0.15, 0.2) is 0 Å². The van der Waals surface area contributed by atoms with Crippen LogP contribution in [0.25, 0.3) is 0 Å². The van der Waals surface area contributed by atoms with Crippen molar-refractivity contribution in [2.75, 3.05) is 0 Å². The first-order chi connectivity index (χ1) is 5.34. The quantitative estimate of drug-likeness (QED) is 0.555. The van der Waals surface area contributed by atoms with E-state index >= 15 is 0 Å². The lowest BCUT2D eigenvalue weighted by Gasteiger charge is -2.24. The van der Waals surface area contributed by atoms with Crippen molar-refractivity contribution < 1.29 is 5.11 Å². The van der Waals surface area contributed by atoms with E-state index in [1.165, 1.54) is 12.8 Å². The van der Waals surface area contributed by atoms with Gasteiger partial charge in [-0.05, 0) is 25.7 Å². The van der Waals surface area contributed by atoms with Gasteiger partial charge in [-0.25, -0.2) is 0 Å². The molecule has 0 aromatic heterocycles. The number of hydrogen-bond donors (Lipinski definition) is 2. The molecule has 2 N–H and O–H groups in total. The molecule has 0 aromatic carbocycles. The molecule has 11 heavy (non-hydrogen) atoms. The lowest BCUT2D eigenvalue weighted by atomic mass is 10.0. The zero-order valence-electron chi connectivity index (χ0n) is 7.51. The Morgan fingerprint density at radius 1 is 1.09 bits per heavy atom. The van der Waals surface area contributed by atoms with Crippen LogP contribution in [-0.4, -0.2) is 23.3 Å². The van der Waals surface area contributed by atoms with Crippen LogP contribution in [0.1, 0.15) is 39.5 Å². The molecule has 2 aliphatic heterocycles. The highest BCUT2D eigenvalue weighted by Crippen LogP contribution is 2.26. The van der Waals surface area contributed by atoms with Crippen LogP contribution in [0.5, 0.6) is 0 Å². The fraction of sp³-hybridized carbons (Fsp3) is 1.00. The molecular formula is C9H19NO. The van der Waals surface area contributed by atoms with Crippen LogP contribution in [-0.2, 0) is 0 Å². The molecule has 2 aliphatic rings. The maximum Gasteiger partial charge on any atom is 0.0569 e. The van der Waals surface area contributed by atoms with Crippen molar-refractivity contribution in [3.8, 4) is 0 Å². The molecule has 0 amide bonds. The van der Waals surface area contributed by atoms with Gasteiger partial charge in [0.05, 0.1) is 6.10 Å². The van der Waals surface area contributed by atoms with Gasteiger partial charge in [0, 0.05) is 12.1 Å². The summed E-state index contributed by atoms with van der Waals surface area (Å²) in [4.78, 5) is 0. The van der Waals surface area contributed by atoms with Crippen molar-refractivity contribution in [3.05, 3.63) is 0 Å². The van der Waals surface area contributed by atoms with E-state index in [1.807, 2.05) is 13.8 Å². The van der Waals surface area contributed by atoms with E-state index < -0.39 is 0 Å². The van der Waals surface area contributed by atoms with Gasteiger partial charge < -0.3 is 10.4 Å². The maximum atomic E-state index is 9.25. The van der Waals surface area contributed by atoms with Crippen LogP contribution < -0.4 is 5.32 Å². The summed E-state index contributed by atoms with van der Waals surface area (Å²) in [7, 11) is 0. The van der Waals surface area contributed by atoms with Crippen molar-refractivity contribution in [3.63, 3.8) is 0 Å². The van der Waals surface area contributed by atoms with Crippen LogP contribution >= 0.6 is 0 Å². The van der Waals surface area contributed by atoms with Crippen LogP contribution in [0.15, 0.2) is 0 Å². The molecule has 2 heterocycles. The Hall–Kier alpha value is -0.0800. The van der Waals surface area contributed by atoms with Crippen LogP contribution in [0.3, 0.4) is 0 Å². The first-order valence-electron chi connectivity index (χ1n) is 4.79. The molecule has 2 heteroatoms. The van der Waals surface area contributed by atoms with Crippen molar-refractivity contribution in [2.24, 2.45) is 0 Å². The van der Waals surface area contributed by atoms with E-state index in [0.717, 1.165) is 12.8 Å². The third-order valence-corrected chi connectivity index (χ3v) is 2.45. The number of nitrogens with one attached hydrogen (secondary N) is 1.